The third kappa shape index (κ3) is 4.66. The highest BCUT2D eigenvalue weighted by Crippen LogP contribution is 2.41. The van der Waals surface area contributed by atoms with Crippen molar-refractivity contribution in [2.24, 2.45) is 5.92 Å². The van der Waals surface area contributed by atoms with Crippen LogP contribution in [0.2, 0.25) is 5.02 Å². The van der Waals surface area contributed by atoms with Crippen LogP contribution in [0.5, 0.6) is 5.88 Å². The Labute approximate surface area is 232 Å². The molecule has 1 aromatic carbocycles. The second kappa shape index (κ2) is 9.92. The largest absolute Gasteiger partial charge is 0.481 e. The summed E-state index contributed by atoms with van der Waals surface area (Å²) >= 11 is 6.40. The van der Waals surface area contributed by atoms with Gasteiger partial charge in [-0.2, -0.15) is 0 Å². The molecule has 3 fully saturated rings. The number of hydrogen-bond donors (Lipinski definition) is 0. The number of halogens is 1. The molecule has 3 aliphatic rings. The molecule has 39 heavy (non-hydrogen) atoms. The lowest BCUT2D eigenvalue weighted by molar-refractivity contribution is 0.0669. The number of rotatable bonds is 6. The van der Waals surface area contributed by atoms with Crippen molar-refractivity contribution >= 4 is 23.3 Å². The zero-order valence-corrected chi connectivity index (χ0v) is 22.7. The minimum absolute atomic E-state index is 0.104. The summed E-state index contributed by atoms with van der Waals surface area (Å²) in [7, 11) is 1.54. The number of aromatic nitrogens is 4. The van der Waals surface area contributed by atoms with Gasteiger partial charge in [0.15, 0.2) is 5.69 Å². The summed E-state index contributed by atoms with van der Waals surface area (Å²) in [4.78, 5) is 31.9. The van der Waals surface area contributed by atoms with E-state index in [9.17, 15) is 4.79 Å². The number of carbonyl (C=O) groups is 1. The topological polar surface area (TPSA) is 75.9 Å². The van der Waals surface area contributed by atoms with Crippen LogP contribution in [-0.2, 0) is 6.54 Å². The average molecular weight is 543 g/mol. The van der Waals surface area contributed by atoms with E-state index in [0.717, 1.165) is 61.9 Å². The Morgan fingerprint density at radius 1 is 1.08 bits per heavy atom. The molecule has 1 saturated carbocycles. The predicted octanol–water partition coefficient (Wildman–Crippen LogP) is 5.07. The van der Waals surface area contributed by atoms with Crippen LogP contribution in [0.4, 0.5) is 0 Å². The highest BCUT2D eigenvalue weighted by Gasteiger charge is 2.40. The van der Waals surface area contributed by atoms with E-state index >= 15 is 0 Å². The maximum Gasteiger partial charge on any atom is 0.274 e. The van der Waals surface area contributed by atoms with Crippen molar-refractivity contribution in [3.8, 4) is 17.1 Å². The van der Waals surface area contributed by atoms with Gasteiger partial charge in [-0.05, 0) is 61.8 Å². The molecule has 2 unspecified atom stereocenters. The first-order valence-corrected chi connectivity index (χ1v) is 14.1. The Kier molecular flexibility index (Phi) is 6.24. The fourth-order valence-electron chi connectivity index (χ4n) is 6.23. The van der Waals surface area contributed by atoms with Crippen molar-refractivity contribution in [2.75, 3.05) is 26.7 Å². The van der Waals surface area contributed by atoms with Crippen molar-refractivity contribution in [2.45, 2.75) is 44.2 Å². The van der Waals surface area contributed by atoms with E-state index in [0.29, 0.717) is 22.6 Å². The van der Waals surface area contributed by atoms with Gasteiger partial charge < -0.3 is 9.64 Å². The van der Waals surface area contributed by atoms with Crippen LogP contribution < -0.4 is 4.74 Å². The third-order valence-electron chi connectivity index (χ3n) is 8.43. The summed E-state index contributed by atoms with van der Waals surface area (Å²) in [5.74, 6) is 2.17. The molecular formula is C30H31ClN6O2. The Hall–Kier alpha value is -3.49. The van der Waals surface area contributed by atoms with Crippen molar-refractivity contribution in [3.63, 3.8) is 0 Å². The van der Waals surface area contributed by atoms with Crippen LogP contribution >= 0.6 is 11.6 Å². The number of imidazole rings is 1. The first-order chi connectivity index (χ1) is 19.1. The summed E-state index contributed by atoms with van der Waals surface area (Å²) in [5.41, 5.74) is 4.91. The lowest BCUT2D eigenvalue weighted by Crippen LogP contribution is -2.44. The van der Waals surface area contributed by atoms with E-state index in [2.05, 4.69) is 43.5 Å². The zero-order chi connectivity index (χ0) is 26.5. The van der Waals surface area contributed by atoms with Crippen LogP contribution in [0.25, 0.3) is 17.0 Å². The number of carbonyl (C=O) groups excluding carboxylic acids is 1. The van der Waals surface area contributed by atoms with Crippen LogP contribution in [-0.4, -0.2) is 67.8 Å². The van der Waals surface area contributed by atoms with Crippen molar-refractivity contribution in [1.82, 2.24) is 29.2 Å². The molecule has 2 bridgehead atoms. The molecule has 200 valence electrons. The minimum atomic E-state index is -0.122. The molecule has 4 aromatic rings. The Balaban J connectivity index is 1.16. The molecule has 5 heterocycles. The molecule has 0 radical (unpaired) electrons. The molecule has 9 heteroatoms. The van der Waals surface area contributed by atoms with Gasteiger partial charge in [0, 0.05) is 49.7 Å². The van der Waals surface area contributed by atoms with Gasteiger partial charge in [0.25, 0.3) is 5.91 Å². The van der Waals surface area contributed by atoms with E-state index in [4.69, 9.17) is 21.3 Å². The molecule has 1 amide bonds. The molecule has 0 N–H and O–H groups in total. The second-order valence-corrected chi connectivity index (χ2v) is 11.4. The van der Waals surface area contributed by atoms with E-state index in [1.54, 1.807) is 25.4 Å². The molecule has 8 nitrogen and oxygen atoms in total. The lowest BCUT2D eigenvalue weighted by Gasteiger charge is -2.31. The number of ether oxygens (including phenoxy) is 1. The summed E-state index contributed by atoms with van der Waals surface area (Å²) in [5, 5.41) is 0.354. The molecule has 2 atom stereocenters. The van der Waals surface area contributed by atoms with Crippen LogP contribution in [0.3, 0.4) is 0 Å². The van der Waals surface area contributed by atoms with Gasteiger partial charge >= 0.3 is 0 Å². The normalized spacial score (nSPS) is 21.3. The molecule has 2 aliphatic heterocycles. The van der Waals surface area contributed by atoms with E-state index in [-0.39, 0.29) is 17.6 Å². The van der Waals surface area contributed by atoms with E-state index in [1.807, 2.05) is 17.2 Å². The molecule has 2 saturated heterocycles. The lowest BCUT2D eigenvalue weighted by atomic mass is 10.0. The summed E-state index contributed by atoms with van der Waals surface area (Å²) < 4.78 is 7.35. The summed E-state index contributed by atoms with van der Waals surface area (Å²) in [6, 6.07) is 14.3. The molecular weight excluding hydrogens is 512 g/mol. The highest BCUT2D eigenvalue weighted by atomic mass is 35.5. The second-order valence-electron chi connectivity index (χ2n) is 11.0. The number of hydrogen-bond acceptors (Lipinski definition) is 6. The minimum Gasteiger partial charge on any atom is -0.481 e. The van der Waals surface area contributed by atoms with Crippen molar-refractivity contribution < 1.29 is 9.53 Å². The van der Waals surface area contributed by atoms with Gasteiger partial charge in [0.2, 0.25) is 11.7 Å². The molecule has 7 rings (SSSR count). The third-order valence-corrected chi connectivity index (χ3v) is 8.73. The Bertz CT molecular complexity index is 1530. The smallest absolute Gasteiger partial charge is 0.274 e. The van der Waals surface area contributed by atoms with Gasteiger partial charge in [0.1, 0.15) is 0 Å². The van der Waals surface area contributed by atoms with Gasteiger partial charge in [-0.1, -0.05) is 35.9 Å². The average Bonchev–Trinajstić information content (AvgIpc) is 3.68. The zero-order valence-electron chi connectivity index (χ0n) is 22.0. The maximum absolute atomic E-state index is 13.6. The molecule has 3 aromatic heterocycles. The number of nitrogens with zero attached hydrogens (tertiary/aromatic N) is 6. The molecule has 0 spiro atoms. The SMILES string of the molecule is COc1ccc(Cl)c(C(=O)N2CC3CCN(Cc4c(-c5ccc(C6CC6)cc5)nc5ncccn45)CC2C3)n1. The number of pyridine rings is 1. The standard InChI is InChI=1S/C30H31ClN6O2/c1-39-26-10-9-24(31)28(33-26)29(38)37-16-19-11-14-35(17-23(37)15-19)18-25-27(34-30-32-12-2-13-36(25)30)22-7-5-21(6-8-22)20-3-4-20/h2,5-10,12-13,19-20,23H,3-4,11,14-18H2,1H3. The Morgan fingerprint density at radius 2 is 1.92 bits per heavy atom. The van der Waals surface area contributed by atoms with E-state index in [1.165, 1.54) is 18.4 Å². The van der Waals surface area contributed by atoms with Crippen LogP contribution in [0, 0.1) is 5.92 Å². The highest BCUT2D eigenvalue weighted by molar-refractivity contribution is 6.33. The van der Waals surface area contributed by atoms with Crippen LogP contribution in [0.15, 0.2) is 54.9 Å². The number of likely N-dealkylation sites (tertiary alicyclic amines) is 2. The monoisotopic (exact) mass is 542 g/mol. The molecule has 1 aliphatic carbocycles. The predicted molar refractivity (Wildman–Crippen MR) is 149 cm³/mol. The fourth-order valence-corrected chi connectivity index (χ4v) is 6.41. The number of fused-ring (bicyclic) bond motifs is 3. The van der Waals surface area contributed by atoms with Gasteiger partial charge in [-0.3, -0.25) is 14.1 Å². The van der Waals surface area contributed by atoms with Crippen LogP contribution in [0.1, 0.15) is 53.3 Å². The van der Waals surface area contributed by atoms with E-state index < -0.39 is 0 Å². The number of methoxy groups -OCH3 is 1. The summed E-state index contributed by atoms with van der Waals surface area (Å²) in [6.45, 7) is 3.24. The first-order valence-electron chi connectivity index (χ1n) is 13.7. The first kappa shape index (κ1) is 24.5. The number of amides is 1. The van der Waals surface area contributed by atoms with Gasteiger partial charge in [-0.25, -0.2) is 15.0 Å². The van der Waals surface area contributed by atoms with Gasteiger partial charge in [0.05, 0.1) is 23.5 Å². The fraction of sp³-hybridized carbons (Fsp3) is 0.400. The quantitative estimate of drug-likeness (QED) is 0.339. The number of benzene rings is 1. The maximum atomic E-state index is 13.6. The Morgan fingerprint density at radius 3 is 2.72 bits per heavy atom. The summed E-state index contributed by atoms with van der Waals surface area (Å²) in [6.07, 6.45) is 8.45. The van der Waals surface area contributed by atoms with Crippen molar-refractivity contribution in [3.05, 3.63) is 76.8 Å². The van der Waals surface area contributed by atoms with Crippen molar-refractivity contribution in [1.29, 1.82) is 0 Å². The van der Waals surface area contributed by atoms with Gasteiger partial charge in [-0.15, -0.1) is 0 Å².